The van der Waals surface area contributed by atoms with Crippen LogP contribution in [0.3, 0.4) is 0 Å². The van der Waals surface area contributed by atoms with Gasteiger partial charge in [-0.2, -0.15) is 23.4 Å². The molecule has 2 atom stereocenters. The minimum atomic E-state index is -5.08. The Labute approximate surface area is 189 Å². The van der Waals surface area contributed by atoms with E-state index >= 15 is 0 Å². The first-order valence-electron chi connectivity index (χ1n) is 9.98. The van der Waals surface area contributed by atoms with Crippen LogP contribution in [-0.4, -0.2) is 60.8 Å². The summed E-state index contributed by atoms with van der Waals surface area (Å²) in [7, 11) is 0. The third kappa shape index (κ3) is 5.33. The zero-order valence-corrected chi connectivity index (χ0v) is 17.7. The van der Waals surface area contributed by atoms with E-state index in [4.69, 9.17) is 14.6 Å². The Morgan fingerprint density at radius 3 is 2.59 bits per heavy atom. The highest BCUT2D eigenvalue weighted by Crippen LogP contribution is 2.36. The van der Waals surface area contributed by atoms with E-state index in [9.17, 15) is 27.9 Å². The number of fused-ring (bicyclic) bond motifs is 1. The van der Waals surface area contributed by atoms with Crippen molar-refractivity contribution >= 4 is 34.4 Å². The number of rotatable bonds is 5. The number of alkyl halides is 3. The second-order valence-electron chi connectivity index (χ2n) is 7.21. The van der Waals surface area contributed by atoms with Crippen molar-refractivity contribution in [3.63, 3.8) is 0 Å². The average molecular weight is 483 g/mol. The number of hydrogen-bond donors (Lipinski definition) is 4. The van der Waals surface area contributed by atoms with Gasteiger partial charge in [0.1, 0.15) is 0 Å². The molecule has 1 aliphatic heterocycles. The SMILES string of the molecule is CCn1cc([C@@H]2OCC[C@H]2C(=O)Nc2cccc3[nH]nc(C(=O)O)c23)cn1.O=C(O)C(F)(F)F. The van der Waals surface area contributed by atoms with Crippen molar-refractivity contribution in [1.29, 1.82) is 0 Å². The van der Waals surface area contributed by atoms with E-state index < -0.39 is 18.1 Å². The summed E-state index contributed by atoms with van der Waals surface area (Å²) in [6.07, 6.45) is -1.26. The number of H-pyrrole nitrogens is 1. The molecule has 0 saturated carbocycles. The molecule has 182 valence electrons. The van der Waals surface area contributed by atoms with E-state index in [0.29, 0.717) is 29.6 Å². The molecule has 4 rings (SSSR count). The maximum absolute atomic E-state index is 12.9. The molecule has 1 amide bonds. The first-order valence-corrected chi connectivity index (χ1v) is 9.98. The number of nitrogens with zero attached hydrogens (tertiary/aromatic N) is 3. The molecule has 0 aliphatic carbocycles. The van der Waals surface area contributed by atoms with Gasteiger partial charge in [-0.1, -0.05) is 6.07 Å². The van der Waals surface area contributed by atoms with Crippen LogP contribution in [0.1, 0.15) is 35.5 Å². The number of anilines is 1. The van der Waals surface area contributed by atoms with Crippen LogP contribution in [0.5, 0.6) is 0 Å². The zero-order chi connectivity index (χ0) is 25.0. The number of nitrogens with one attached hydrogen (secondary N) is 2. The van der Waals surface area contributed by atoms with Crippen LogP contribution in [0, 0.1) is 5.92 Å². The largest absolute Gasteiger partial charge is 0.490 e. The molecule has 34 heavy (non-hydrogen) atoms. The Morgan fingerprint density at radius 1 is 1.29 bits per heavy atom. The van der Waals surface area contributed by atoms with Gasteiger partial charge in [0.15, 0.2) is 5.69 Å². The van der Waals surface area contributed by atoms with Crippen molar-refractivity contribution in [2.24, 2.45) is 5.92 Å². The van der Waals surface area contributed by atoms with Crippen molar-refractivity contribution in [1.82, 2.24) is 20.0 Å². The first kappa shape index (κ1) is 24.7. The standard InChI is InChI=1S/C18H19N5O4.C2HF3O2/c1-2-23-9-10(8-19-23)16-11(6-7-27-16)17(24)20-12-4-3-5-13-14(12)15(18(25)26)22-21-13;3-2(4,5)1(6)7/h3-5,8-9,11,16H,2,6-7H2,1H3,(H,20,24)(H,21,22)(H,25,26);(H,6,7)/t11-,16+;/m1./s1. The Hall–Kier alpha value is -3.94. The van der Waals surface area contributed by atoms with E-state index in [2.05, 4.69) is 20.6 Å². The van der Waals surface area contributed by atoms with Crippen LogP contribution in [0.4, 0.5) is 18.9 Å². The van der Waals surface area contributed by atoms with Crippen LogP contribution >= 0.6 is 0 Å². The summed E-state index contributed by atoms with van der Waals surface area (Å²) in [6.45, 7) is 3.21. The van der Waals surface area contributed by atoms with Crippen LogP contribution in [0.2, 0.25) is 0 Å². The van der Waals surface area contributed by atoms with Crippen molar-refractivity contribution in [3.8, 4) is 0 Å². The fraction of sp³-hybridized carbons (Fsp3) is 0.350. The van der Waals surface area contributed by atoms with Gasteiger partial charge >= 0.3 is 18.1 Å². The summed E-state index contributed by atoms with van der Waals surface area (Å²) in [4.78, 5) is 33.2. The topological polar surface area (TPSA) is 159 Å². The zero-order valence-electron chi connectivity index (χ0n) is 17.7. The number of carbonyl (C=O) groups is 3. The molecular formula is C20H20F3N5O6. The fourth-order valence-electron chi connectivity index (χ4n) is 3.44. The van der Waals surface area contributed by atoms with Crippen LogP contribution in [0.25, 0.3) is 10.9 Å². The summed E-state index contributed by atoms with van der Waals surface area (Å²) in [5.41, 5.74) is 1.71. The van der Waals surface area contributed by atoms with Crippen molar-refractivity contribution in [2.75, 3.05) is 11.9 Å². The van der Waals surface area contributed by atoms with Crippen LogP contribution in [0.15, 0.2) is 30.6 Å². The molecule has 0 radical (unpaired) electrons. The number of aliphatic carboxylic acids is 1. The molecule has 3 aromatic rings. The predicted molar refractivity (Wildman–Crippen MR) is 110 cm³/mol. The molecule has 3 heterocycles. The lowest BCUT2D eigenvalue weighted by Gasteiger charge is -2.17. The molecule has 0 spiro atoms. The highest BCUT2D eigenvalue weighted by molar-refractivity contribution is 6.10. The Balaban J connectivity index is 0.000000406. The Kier molecular flexibility index (Phi) is 7.20. The number of carboxylic acids is 2. The number of aromatic amines is 1. The maximum Gasteiger partial charge on any atom is 0.490 e. The van der Waals surface area contributed by atoms with Crippen molar-refractivity contribution in [3.05, 3.63) is 41.9 Å². The monoisotopic (exact) mass is 483 g/mol. The first-order chi connectivity index (χ1) is 16.0. The second-order valence-corrected chi connectivity index (χ2v) is 7.21. The number of aryl methyl sites for hydroxylation is 1. The van der Waals surface area contributed by atoms with Crippen molar-refractivity contribution in [2.45, 2.75) is 32.2 Å². The van der Waals surface area contributed by atoms with Gasteiger partial charge in [-0.15, -0.1) is 0 Å². The van der Waals surface area contributed by atoms with Crippen molar-refractivity contribution < 1.29 is 42.5 Å². The highest BCUT2D eigenvalue weighted by Gasteiger charge is 2.38. The summed E-state index contributed by atoms with van der Waals surface area (Å²) in [6, 6.07) is 5.11. The second kappa shape index (κ2) is 9.91. The molecule has 0 bridgehead atoms. The average Bonchev–Trinajstić information content (AvgIpc) is 3.51. The third-order valence-corrected chi connectivity index (χ3v) is 5.03. The Morgan fingerprint density at radius 2 is 2.00 bits per heavy atom. The van der Waals surface area contributed by atoms with Gasteiger partial charge in [0.2, 0.25) is 5.91 Å². The van der Waals surface area contributed by atoms with Gasteiger partial charge in [0.05, 0.1) is 34.8 Å². The number of benzene rings is 1. The van der Waals surface area contributed by atoms with Gasteiger partial charge in [-0.25, -0.2) is 9.59 Å². The van der Waals surface area contributed by atoms with Crippen LogP contribution in [-0.2, 0) is 20.9 Å². The molecule has 1 aromatic carbocycles. The number of aromatic nitrogens is 4. The van der Waals surface area contributed by atoms with Gasteiger partial charge in [0, 0.05) is 24.9 Å². The smallest absolute Gasteiger partial charge is 0.476 e. The summed E-state index contributed by atoms with van der Waals surface area (Å²) >= 11 is 0. The number of carboxylic acid groups (broad SMARTS) is 2. The van der Waals surface area contributed by atoms with Gasteiger partial charge in [-0.3, -0.25) is 14.6 Å². The molecule has 1 aliphatic rings. The van der Waals surface area contributed by atoms with E-state index in [-0.39, 0.29) is 23.6 Å². The lowest BCUT2D eigenvalue weighted by atomic mass is 9.96. The molecule has 1 saturated heterocycles. The number of hydrogen-bond acceptors (Lipinski definition) is 6. The molecule has 0 unspecified atom stereocenters. The fourth-order valence-corrected chi connectivity index (χ4v) is 3.44. The molecule has 14 heteroatoms. The van der Waals surface area contributed by atoms with E-state index in [0.717, 1.165) is 12.1 Å². The number of aromatic carboxylic acids is 1. The molecule has 4 N–H and O–H groups in total. The Bertz CT molecular complexity index is 1200. The quantitative estimate of drug-likeness (QED) is 0.431. The van der Waals surface area contributed by atoms with Gasteiger partial charge in [-0.05, 0) is 25.5 Å². The molecule has 2 aromatic heterocycles. The summed E-state index contributed by atoms with van der Waals surface area (Å²) in [5, 5.41) is 30.5. The number of ether oxygens (including phenoxy) is 1. The minimum Gasteiger partial charge on any atom is -0.476 e. The lowest BCUT2D eigenvalue weighted by molar-refractivity contribution is -0.192. The predicted octanol–water partition coefficient (Wildman–Crippen LogP) is 2.83. The number of halogens is 3. The maximum atomic E-state index is 12.9. The molecular weight excluding hydrogens is 463 g/mol. The van der Waals surface area contributed by atoms with Crippen LogP contribution < -0.4 is 5.32 Å². The summed E-state index contributed by atoms with van der Waals surface area (Å²) < 4.78 is 39.3. The molecule has 1 fully saturated rings. The van der Waals surface area contributed by atoms with Gasteiger partial charge < -0.3 is 20.3 Å². The van der Waals surface area contributed by atoms with E-state index in [1.54, 1.807) is 29.1 Å². The van der Waals surface area contributed by atoms with Gasteiger partial charge in [0.25, 0.3) is 0 Å². The van der Waals surface area contributed by atoms with E-state index in [1.807, 2.05) is 13.1 Å². The number of amides is 1. The normalized spacial score (nSPS) is 17.8. The van der Waals surface area contributed by atoms with E-state index in [1.165, 1.54) is 0 Å². The third-order valence-electron chi connectivity index (χ3n) is 5.03. The highest BCUT2D eigenvalue weighted by atomic mass is 19.4. The minimum absolute atomic E-state index is 0.121. The lowest BCUT2D eigenvalue weighted by Crippen LogP contribution is -2.25. The summed E-state index contributed by atoms with van der Waals surface area (Å²) in [5.74, 6) is -4.51. The number of carbonyl (C=O) groups excluding carboxylic acids is 1. The molecule has 11 nitrogen and oxygen atoms in total.